The zero-order valence-electron chi connectivity index (χ0n) is 13.8. The van der Waals surface area contributed by atoms with Crippen molar-refractivity contribution in [2.45, 2.75) is 19.6 Å². The Bertz CT molecular complexity index is 715. The van der Waals surface area contributed by atoms with E-state index >= 15 is 0 Å². The van der Waals surface area contributed by atoms with E-state index in [1.54, 1.807) is 24.5 Å². The molecule has 0 bridgehead atoms. The number of hydrogen-bond acceptors (Lipinski definition) is 4. The molecule has 0 N–H and O–H groups in total. The van der Waals surface area contributed by atoms with Crippen LogP contribution in [0.15, 0.2) is 36.4 Å². The summed E-state index contributed by atoms with van der Waals surface area (Å²) in [6.45, 7) is 0.732. The molecule has 0 aliphatic carbocycles. The van der Waals surface area contributed by atoms with Gasteiger partial charge in [0.05, 0.1) is 6.54 Å². The summed E-state index contributed by atoms with van der Waals surface area (Å²) in [4.78, 5) is 15.8. The van der Waals surface area contributed by atoms with Crippen LogP contribution in [0.2, 0.25) is 0 Å². The molecule has 0 saturated carbocycles. The maximum absolute atomic E-state index is 12.3. The first-order valence-electron chi connectivity index (χ1n) is 7.45. The van der Waals surface area contributed by atoms with Gasteiger partial charge in [0.15, 0.2) is 24.7 Å². The van der Waals surface area contributed by atoms with Gasteiger partial charge in [0.25, 0.3) is 5.91 Å². The molecule has 2 rings (SSSR count). The fourth-order valence-corrected chi connectivity index (χ4v) is 2.93. The average molecular weight is 373 g/mol. The quantitative estimate of drug-likeness (QED) is 0.735. The van der Waals surface area contributed by atoms with E-state index in [2.05, 4.69) is 0 Å². The third-order valence-corrected chi connectivity index (χ3v) is 4.19. The van der Waals surface area contributed by atoms with Crippen LogP contribution in [0, 0.1) is 6.92 Å². The number of ether oxygens (including phenoxy) is 2. The van der Waals surface area contributed by atoms with Crippen molar-refractivity contribution in [2.24, 2.45) is 0 Å². The maximum atomic E-state index is 12.3. The molecule has 1 heterocycles. The van der Waals surface area contributed by atoms with Crippen molar-refractivity contribution in [1.29, 1.82) is 0 Å². The van der Waals surface area contributed by atoms with Gasteiger partial charge in [-0.05, 0) is 31.2 Å². The number of aryl methyl sites for hydroxylation is 1. The zero-order chi connectivity index (χ0) is 18.4. The van der Waals surface area contributed by atoms with Crippen molar-refractivity contribution >= 4 is 17.2 Å². The van der Waals surface area contributed by atoms with Crippen LogP contribution in [0.25, 0.3) is 0 Å². The van der Waals surface area contributed by atoms with Gasteiger partial charge < -0.3 is 14.4 Å². The lowest BCUT2D eigenvalue weighted by atomic mass is 10.3. The standard InChI is InChI=1S/C17H18F3NO3S/c1-12-7-8-13(25-12)9-21(2)16(22)10-23-14-5-3-4-6-15(14)24-11-17(18,19)20/h3-8H,9-11H2,1-2H3. The summed E-state index contributed by atoms with van der Waals surface area (Å²) in [7, 11) is 1.65. The van der Waals surface area contributed by atoms with Crippen molar-refractivity contribution in [3.63, 3.8) is 0 Å². The minimum absolute atomic E-state index is 0.0517. The molecule has 1 amide bonds. The van der Waals surface area contributed by atoms with Gasteiger partial charge in [-0.3, -0.25) is 4.79 Å². The molecular weight excluding hydrogens is 355 g/mol. The summed E-state index contributed by atoms with van der Waals surface area (Å²) in [6, 6.07) is 9.88. The molecule has 1 aromatic carbocycles. The molecule has 0 radical (unpaired) electrons. The third-order valence-electron chi connectivity index (χ3n) is 3.21. The first-order valence-corrected chi connectivity index (χ1v) is 8.27. The molecular formula is C17H18F3NO3S. The number of hydrogen-bond donors (Lipinski definition) is 0. The average Bonchev–Trinajstić information content (AvgIpc) is 2.95. The van der Waals surface area contributed by atoms with Gasteiger partial charge in [-0.2, -0.15) is 13.2 Å². The summed E-state index contributed by atoms with van der Waals surface area (Å²) < 4.78 is 46.9. The molecule has 0 unspecified atom stereocenters. The second-order valence-electron chi connectivity index (χ2n) is 5.40. The van der Waals surface area contributed by atoms with E-state index in [1.165, 1.54) is 23.1 Å². The number of carbonyl (C=O) groups excluding carboxylic acids is 1. The number of alkyl halides is 3. The molecule has 0 fully saturated rings. The van der Waals surface area contributed by atoms with Gasteiger partial charge in [0, 0.05) is 16.8 Å². The number of carbonyl (C=O) groups is 1. The summed E-state index contributed by atoms with van der Waals surface area (Å²) in [6.07, 6.45) is -4.44. The fourth-order valence-electron chi connectivity index (χ4n) is 1.99. The number of nitrogens with zero attached hydrogens (tertiary/aromatic N) is 1. The van der Waals surface area contributed by atoms with Crippen LogP contribution in [0.3, 0.4) is 0 Å². The minimum Gasteiger partial charge on any atom is -0.480 e. The molecule has 1 aromatic heterocycles. The normalized spacial score (nSPS) is 11.2. The highest BCUT2D eigenvalue weighted by Gasteiger charge is 2.29. The number of amides is 1. The smallest absolute Gasteiger partial charge is 0.422 e. The summed E-state index contributed by atoms with van der Waals surface area (Å²) >= 11 is 1.60. The minimum atomic E-state index is -4.44. The number of thiophene rings is 1. The summed E-state index contributed by atoms with van der Waals surface area (Å²) in [5.74, 6) is -0.235. The van der Waals surface area contributed by atoms with E-state index in [0.29, 0.717) is 6.54 Å². The Morgan fingerprint density at radius 1 is 1.12 bits per heavy atom. The first-order chi connectivity index (χ1) is 11.7. The highest BCUT2D eigenvalue weighted by atomic mass is 32.1. The Balaban J connectivity index is 1.90. The SMILES string of the molecule is Cc1ccc(CN(C)C(=O)COc2ccccc2OCC(F)(F)F)s1. The Hall–Kier alpha value is -2.22. The van der Waals surface area contributed by atoms with Gasteiger partial charge in [-0.1, -0.05) is 12.1 Å². The highest BCUT2D eigenvalue weighted by Crippen LogP contribution is 2.28. The molecule has 0 aliphatic rings. The zero-order valence-corrected chi connectivity index (χ0v) is 14.6. The molecule has 4 nitrogen and oxygen atoms in total. The van der Waals surface area contributed by atoms with Crippen LogP contribution < -0.4 is 9.47 Å². The largest absolute Gasteiger partial charge is 0.480 e. The van der Waals surface area contributed by atoms with Crippen LogP contribution in [-0.4, -0.2) is 37.2 Å². The molecule has 8 heteroatoms. The molecule has 0 spiro atoms. The molecule has 136 valence electrons. The van der Waals surface area contributed by atoms with Crippen molar-refractivity contribution in [3.05, 3.63) is 46.2 Å². The van der Waals surface area contributed by atoms with E-state index < -0.39 is 12.8 Å². The Labute approximate surface area is 147 Å². The van der Waals surface area contributed by atoms with Crippen molar-refractivity contribution in [3.8, 4) is 11.5 Å². The molecule has 2 aromatic rings. The van der Waals surface area contributed by atoms with Crippen LogP contribution in [0.1, 0.15) is 9.75 Å². The lowest BCUT2D eigenvalue weighted by Gasteiger charge is -2.18. The number of rotatable bonds is 7. The van der Waals surface area contributed by atoms with Crippen molar-refractivity contribution < 1.29 is 27.4 Å². The maximum Gasteiger partial charge on any atom is 0.422 e. The lowest BCUT2D eigenvalue weighted by Crippen LogP contribution is -2.30. The van der Waals surface area contributed by atoms with E-state index in [4.69, 9.17) is 9.47 Å². The third kappa shape index (κ3) is 6.30. The van der Waals surface area contributed by atoms with Crippen LogP contribution in [-0.2, 0) is 11.3 Å². The predicted molar refractivity (Wildman–Crippen MR) is 89.0 cm³/mol. The number of halogens is 3. The van der Waals surface area contributed by atoms with Crippen LogP contribution in [0.4, 0.5) is 13.2 Å². The monoisotopic (exact) mass is 373 g/mol. The summed E-state index contributed by atoms with van der Waals surface area (Å²) in [5.41, 5.74) is 0. The Morgan fingerprint density at radius 2 is 1.76 bits per heavy atom. The Kier molecular flexibility index (Phi) is 6.30. The van der Waals surface area contributed by atoms with Gasteiger partial charge in [0.2, 0.25) is 0 Å². The van der Waals surface area contributed by atoms with Gasteiger partial charge in [0.1, 0.15) is 0 Å². The first kappa shape index (κ1) is 19.1. The second-order valence-corrected chi connectivity index (χ2v) is 6.77. The number of likely N-dealkylation sites (N-methyl/N-ethyl adjacent to an activating group) is 1. The molecule has 0 atom stereocenters. The topological polar surface area (TPSA) is 38.8 Å². The summed E-state index contributed by atoms with van der Waals surface area (Å²) in [5, 5.41) is 0. The van der Waals surface area contributed by atoms with Gasteiger partial charge in [-0.15, -0.1) is 11.3 Å². The molecule has 0 saturated heterocycles. The van der Waals surface area contributed by atoms with E-state index in [0.717, 1.165) is 9.75 Å². The lowest BCUT2D eigenvalue weighted by molar-refractivity contribution is -0.153. The fraction of sp³-hybridized carbons (Fsp3) is 0.353. The predicted octanol–water partition coefficient (Wildman–Crippen LogP) is 4.04. The molecule has 25 heavy (non-hydrogen) atoms. The van der Waals surface area contributed by atoms with Crippen molar-refractivity contribution in [2.75, 3.05) is 20.3 Å². The van der Waals surface area contributed by atoms with Crippen LogP contribution >= 0.6 is 11.3 Å². The van der Waals surface area contributed by atoms with E-state index in [-0.39, 0.29) is 24.0 Å². The Morgan fingerprint density at radius 3 is 2.32 bits per heavy atom. The van der Waals surface area contributed by atoms with Gasteiger partial charge in [-0.25, -0.2) is 0 Å². The van der Waals surface area contributed by atoms with E-state index in [1.807, 2.05) is 19.1 Å². The van der Waals surface area contributed by atoms with Crippen LogP contribution in [0.5, 0.6) is 11.5 Å². The van der Waals surface area contributed by atoms with E-state index in [9.17, 15) is 18.0 Å². The van der Waals surface area contributed by atoms with Crippen molar-refractivity contribution in [1.82, 2.24) is 4.90 Å². The van der Waals surface area contributed by atoms with Gasteiger partial charge >= 0.3 is 6.18 Å². The molecule has 0 aliphatic heterocycles. The number of para-hydroxylation sites is 2. The highest BCUT2D eigenvalue weighted by molar-refractivity contribution is 7.11. The second kappa shape index (κ2) is 8.24. The number of benzene rings is 1.